The molecule has 0 aromatic heterocycles. The minimum atomic E-state index is 0.0478. The van der Waals surface area contributed by atoms with Crippen LogP contribution in [0.15, 0.2) is 24.8 Å². The first kappa shape index (κ1) is 14.8. The van der Waals surface area contributed by atoms with E-state index >= 15 is 0 Å². The molecule has 0 aliphatic carbocycles. The molecule has 0 unspecified atom stereocenters. The van der Waals surface area contributed by atoms with Gasteiger partial charge in [0.1, 0.15) is 0 Å². The molecule has 1 aromatic carbocycles. The molecule has 1 nitrogen and oxygen atoms in total. The molecule has 0 radical (unpaired) electrons. The maximum atomic E-state index is 4.15. The summed E-state index contributed by atoms with van der Waals surface area (Å²) in [4.78, 5) is 0. The van der Waals surface area contributed by atoms with Gasteiger partial charge in [-0.3, -0.25) is 0 Å². The van der Waals surface area contributed by atoms with Crippen LogP contribution in [0.1, 0.15) is 58.2 Å². The van der Waals surface area contributed by atoms with Crippen molar-refractivity contribution in [1.82, 2.24) is 5.32 Å². The van der Waals surface area contributed by atoms with Crippen molar-refractivity contribution < 1.29 is 0 Å². The molecule has 1 rings (SSSR count). The van der Waals surface area contributed by atoms with E-state index in [-0.39, 0.29) is 11.0 Å². The van der Waals surface area contributed by atoms with Gasteiger partial charge in [-0.2, -0.15) is 0 Å². The Balaban J connectivity index is 3.03. The first-order chi connectivity index (χ1) is 8.00. The van der Waals surface area contributed by atoms with Crippen LogP contribution in [0.2, 0.25) is 0 Å². The van der Waals surface area contributed by atoms with E-state index in [2.05, 4.69) is 78.6 Å². The van der Waals surface area contributed by atoms with Gasteiger partial charge in [-0.1, -0.05) is 45.5 Å². The van der Waals surface area contributed by atoms with E-state index in [1.807, 2.05) is 0 Å². The Labute approximate surface area is 112 Å². The third kappa shape index (κ3) is 3.90. The van der Waals surface area contributed by atoms with Crippen LogP contribution in [0, 0.1) is 6.92 Å². The normalized spacial score (nSPS) is 12.4. The zero-order valence-electron chi connectivity index (χ0n) is 12.9. The van der Waals surface area contributed by atoms with E-state index in [0.29, 0.717) is 0 Å². The fourth-order valence-corrected chi connectivity index (χ4v) is 1.99. The van der Waals surface area contributed by atoms with Crippen LogP contribution in [-0.2, 0) is 5.41 Å². The zero-order chi connectivity index (χ0) is 14.1. The predicted molar refractivity (Wildman–Crippen MR) is 81.8 cm³/mol. The molecule has 0 fully saturated rings. The Morgan fingerprint density at radius 1 is 1.06 bits per heavy atom. The van der Waals surface area contributed by atoms with Gasteiger partial charge in [-0.15, -0.1) is 0 Å². The van der Waals surface area contributed by atoms with Gasteiger partial charge >= 0.3 is 0 Å². The van der Waals surface area contributed by atoms with Gasteiger partial charge in [-0.05, 0) is 49.8 Å². The summed E-state index contributed by atoms with van der Waals surface area (Å²) in [6, 6.07) is 6.65. The van der Waals surface area contributed by atoms with Gasteiger partial charge < -0.3 is 5.32 Å². The molecule has 0 saturated carbocycles. The van der Waals surface area contributed by atoms with E-state index in [1.165, 1.54) is 16.7 Å². The molecule has 0 aliphatic heterocycles. The van der Waals surface area contributed by atoms with Crippen LogP contribution in [0.3, 0.4) is 0 Å². The molecule has 0 bridgehead atoms. The summed E-state index contributed by atoms with van der Waals surface area (Å²) in [5.74, 6) is 0. The lowest BCUT2D eigenvalue weighted by Crippen LogP contribution is -2.34. The summed E-state index contributed by atoms with van der Waals surface area (Å²) < 4.78 is 0. The molecule has 100 valence electrons. The van der Waals surface area contributed by atoms with Crippen LogP contribution in [0.4, 0.5) is 0 Å². The summed E-state index contributed by atoms with van der Waals surface area (Å²) in [5, 5.41) is 3.44. The van der Waals surface area contributed by atoms with Gasteiger partial charge in [0.15, 0.2) is 0 Å². The third-order valence-corrected chi connectivity index (χ3v) is 2.94. The van der Waals surface area contributed by atoms with Gasteiger partial charge in [0, 0.05) is 11.2 Å². The minimum absolute atomic E-state index is 0.0478. The maximum absolute atomic E-state index is 4.15. The van der Waals surface area contributed by atoms with Crippen LogP contribution < -0.4 is 5.32 Å². The third-order valence-electron chi connectivity index (χ3n) is 2.94. The van der Waals surface area contributed by atoms with Crippen LogP contribution in [0.5, 0.6) is 0 Å². The Bertz CT molecular complexity index is 442. The van der Waals surface area contributed by atoms with Crippen LogP contribution in [0.25, 0.3) is 5.70 Å². The SMILES string of the molecule is C=C(NC(C)(C)C)c1ccc(C(C)(C)C)cc1C. The number of hydrogen-bond donors (Lipinski definition) is 1. The topological polar surface area (TPSA) is 12.0 Å². The van der Waals surface area contributed by atoms with Crippen molar-refractivity contribution in [2.75, 3.05) is 0 Å². The fourth-order valence-electron chi connectivity index (χ4n) is 1.99. The highest BCUT2D eigenvalue weighted by molar-refractivity contribution is 5.65. The smallest absolute Gasteiger partial charge is 0.0347 e. The van der Waals surface area contributed by atoms with Gasteiger partial charge in [0.2, 0.25) is 0 Å². The Kier molecular flexibility index (Phi) is 3.95. The average molecular weight is 245 g/mol. The average Bonchev–Trinajstić information content (AvgIpc) is 2.12. The summed E-state index contributed by atoms with van der Waals surface area (Å²) in [5.41, 5.74) is 5.10. The molecule has 0 heterocycles. The van der Waals surface area contributed by atoms with Crippen molar-refractivity contribution in [2.24, 2.45) is 0 Å². The zero-order valence-corrected chi connectivity index (χ0v) is 12.9. The van der Waals surface area contributed by atoms with Crippen molar-refractivity contribution in [1.29, 1.82) is 0 Å². The van der Waals surface area contributed by atoms with E-state index in [9.17, 15) is 0 Å². The molecule has 1 heteroatoms. The summed E-state index contributed by atoms with van der Waals surface area (Å²) in [6.07, 6.45) is 0. The van der Waals surface area contributed by atoms with E-state index in [1.54, 1.807) is 0 Å². The van der Waals surface area contributed by atoms with Crippen molar-refractivity contribution in [3.8, 4) is 0 Å². The van der Waals surface area contributed by atoms with Crippen molar-refractivity contribution in [3.05, 3.63) is 41.5 Å². The monoisotopic (exact) mass is 245 g/mol. The lowest BCUT2D eigenvalue weighted by atomic mass is 9.85. The van der Waals surface area contributed by atoms with Crippen molar-refractivity contribution >= 4 is 5.70 Å². The fraction of sp³-hybridized carbons (Fsp3) is 0.529. The Morgan fingerprint density at radius 3 is 2.00 bits per heavy atom. The number of hydrogen-bond acceptors (Lipinski definition) is 1. The molecule has 0 atom stereocenters. The molecule has 0 amide bonds. The summed E-state index contributed by atoms with van der Waals surface area (Å²) >= 11 is 0. The first-order valence-electron chi connectivity index (χ1n) is 6.59. The number of aryl methyl sites for hydroxylation is 1. The lowest BCUT2D eigenvalue weighted by Gasteiger charge is -2.26. The minimum Gasteiger partial charge on any atom is -0.380 e. The lowest BCUT2D eigenvalue weighted by molar-refractivity contribution is 0.501. The van der Waals surface area contributed by atoms with Crippen molar-refractivity contribution in [3.63, 3.8) is 0 Å². The molecule has 0 aliphatic rings. The highest BCUT2D eigenvalue weighted by Gasteiger charge is 2.16. The summed E-state index contributed by atoms with van der Waals surface area (Å²) in [7, 11) is 0. The molecular weight excluding hydrogens is 218 g/mol. The first-order valence-corrected chi connectivity index (χ1v) is 6.59. The molecule has 1 N–H and O–H groups in total. The van der Waals surface area contributed by atoms with Crippen LogP contribution in [-0.4, -0.2) is 5.54 Å². The maximum Gasteiger partial charge on any atom is 0.0347 e. The van der Waals surface area contributed by atoms with Gasteiger partial charge in [0.05, 0.1) is 0 Å². The molecule has 1 aromatic rings. The van der Waals surface area contributed by atoms with Crippen molar-refractivity contribution in [2.45, 2.75) is 59.4 Å². The number of nitrogens with one attached hydrogen (secondary N) is 1. The largest absolute Gasteiger partial charge is 0.380 e. The second-order valence-electron chi connectivity index (χ2n) is 7.13. The van der Waals surface area contributed by atoms with E-state index < -0.39 is 0 Å². The Hall–Kier alpha value is -1.24. The van der Waals surface area contributed by atoms with E-state index in [0.717, 1.165) is 5.70 Å². The molecular formula is C17H27N. The van der Waals surface area contributed by atoms with Crippen LogP contribution >= 0.6 is 0 Å². The highest BCUT2D eigenvalue weighted by atomic mass is 15.0. The van der Waals surface area contributed by atoms with Gasteiger partial charge in [0.25, 0.3) is 0 Å². The summed E-state index contributed by atoms with van der Waals surface area (Å²) in [6.45, 7) is 19.5. The standard InChI is InChI=1S/C17H27N/c1-12-11-14(16(3,4)5)9-10-15(12)13(2)18-17(6,7)8/h9-11,18H,2H2,1,3-8H3. The molecule has 0 saturated heterocycles. The highest BCUT2D eigenvalue weighted by Crippen LogP contribution is 2.26. The predicted octanol–water partition coefficient (Wildman–Crippen LogP) is 4.65. The number of rotatable bonds is 2. The number of benzene rings is 1. The quantitative estimate of drug-likeness (QED) is 0.799. The van der Waals surface area contributed by atoms with Gasteiger partial charge in [-0.25, -0.2) is 0 Å². The Morgan fingerprint density at radius 2 is 1.61 bits per heavy atom. The molecule has 18 heavy (non-hydrogen) atoms. The van der Waals surface area contributed by atoms with E-state index in [4.69, 9.17) is 0 Å². The molecule has 0 spiro atoms. The second-order valence-corrected chi connectivity index (χ2v) is 7.13. The second kappa shape index (κ2) is 4.79.